The van der Waals surface area contributed by atoms with E-state index in [1.54, 1.807) is 62.6 Å². The second-order valence-corrected chi connectivity index (χ2v) is 10.7. The molecule has 0 aliphatic rings. The van der Waals surface area contributed by atoms with Crippen LogP contribution in [0.4, 0.5) is 5.69 Å². The Hall–Kier alpha value is -3.27. The maximum atomic E-state index is 13.7. The minimum absolute atomic E-state index is 0.0162. The maximum Gasteiger partial charge on any atom is 0.264 e. The number of ether oxygens (including phenoxy) is 1. The third-order valence-electron chi connectivity index (χ3n) is 5.74. The van der Waals surface area contributed by atoms with E-state index in [4.69, 9.17) is 27.9 Å². The predicted octanol–water partition coefficient (Wildman–Crippen LogP) is 4.36. The molecule has 0 aromatic heterocycles. The van der Waals surface area contributed by atoms with Gasteiger partial charge in [0.2, 0.25) is 11.8 Å². The van der Waals surface area contributed by atoms with Crippen LogP contribution in [0.2, 0.25) is 10.0 Å². The van der Waals surface area contributed by atoms with Crippen LogP contribution in [0.3, 0.4) is 0 Å². The standard InChI is InChI=1S/C26H27Cl2N3O5S/c1-18(26(33)29-2)30(16-19-12-14-20(36-3)15-13-19)24(32)17-31(23-11-7-10-22(27)25(23)28)37(34,35)21-8-5-4-6-9-21/h4-15,18H,16-17H2,1-3H3,(H,29,33)/t18-/m0/s1. The normalized spacial score (nSPS) is 11.9. The van der Waals surface area contributed by atoms with Crippen LogP contribution in [0.1, 0.15) is 12.5 Å². The van der Waals surface area contributed by atoms with Gasteiger partial charge in [0.05, 0.1) is 27.7 Å². The number of hydrogen-bond acceptors (Lipinski definition) is 5. The van der Waals surface area contributed by atoms with Gasteiger partial charge >= 0.3 is 0 Å². The Morgan fingerprint density at radius 1 is 0.973 bits per heavy atom. The molecule has 8 nitrogen and oxygen atoms in total. The van der Waals surface area contributed by atoms with E-state index in [0.717, 1.165) is 9.87 Å². The van der Waals surface area contributed by atoms with Gasteiger partial charge in [-0.05, 0) is 48.9 Å². The first-order chi connectivity index (χ1) is 17.6. The van der Waals surface area contributed by atoms with Crippen LogP contribution >= 0.6 is 23.2 Å². The lowest BCUT2D eigenvalue weighted by molar-refractivity contribution is -0.139. The Morgan fingerprint density at radius 3 is 2.22 bits per heavy atom. The SMILES string of the molecule is CNC(=O)[C@H](C)N(Cc1ccc(OC)cc1)C(=O)CN(c1cccc(Cl)c1Cl)S(=O)(=O)c1ccccc1. The van der Waals surface area contributed by atoms with Gasteiger partial charge in [-0.15, -0.1) is 0 Å². The molecule has 3 aromatic rings. The molecule has 0 bridgehead atoms. The van der Waals surface area contributed by atoms with Crippen LogP contribution in [-0.2, 0) is 26.2 Å². The van der Waals surface area contributed by atoms with Gasteiger partial charge in [0, 0.05) is 13.6 Å². The fourth-order valence-corrected chi connectivity index (χ4v) is 5.53. The summed E-state index contributed by atoms with van der Waals surface area (Å²) in [6.07, 6.45) is 0. The highest BCUT2D eigenvalue weighted by atomic mass is 35.5. The van der Waals surface area contributed by atoms with E-state index >= 15 is 0 Å². The van der Waals surface area contributed by atoms with Gasteiger partial charge in [-0.2, -0.15) is 0 Å². The summed E-state index contributed by atoms with van der Waals surface area (Å²) < 4.78 is 33.5. The quantitative estimate of drug-likeness (QED) is 0.395. The fraction of sp³-hybridized carbons (Fsp3) is 0.231. The van der Waals surface area contributed by atoms with Crippen LogP contribution in [0.5, 0.6) is 5.75 Å². The van der Waals surface area contributed by atoms with Gasteiger partial charge < -0.3 is 15.0 Å². The molecule has 2 amide bonds. The average molecular weight is 564 g/mol. The first-order valence-electron chi connectivity index (χ1n) is 11.3. The molecular formula is C26H27Cl2N3O5S. The topological polar surface area (TPSA) is 96.0 Å². The smallest absolute Gasteiger partial charge is 0.264 e. The average Bonchev–Trinajstić information content (AvgIpc) is 2.91. The van der Waals surface area contributed by atoms with E-state index in [0.29, 0.717) is 5.75 Å². The molecule has 3 aromatic carbocycles. The maximum absolute atomic E-state index is 13.7. The largest absolute Gasteiger partial charge is 0.497 e. The Balaban J connectivity index is 2.05. The van der Waals surface area contributed by atoms with Gasteiger partial charge in [-0.1, -0.05) is 59.6 Å². The molecule has 1 atom stereocenters. The van der Waals surface area contributed by atoms with Crippen LogP contribution < -0.4 is 14.4 Å². The van der Waals surface area contributed by atoms with E-state index in [1.807, 2.05) is 0 Å². The summed E-state index contributed by atoms with van der Waals surface area (Å²) in [7, 11) is -1.22. The number of hydrogen-bond donors (Lipinski definition) is 1. The Morgan fingerprint density at radius 2 is 1.62 bits per heavy atom. The molecule has 37 heavy (non-hydrogen) atoms. The van der Waals surface area contributed by atoms with Crippen molar-refractivity contribution in [3.8, 4) is 5.75 Å². The van der Waals surface area contributed by atoms with Gasteiger partial charge in [-0.25, -0.2) is 8.42 Å². The highest BCUT2D eigenvalue weighted by Gasteiger charge is 2.33. The Labute approximate surface area is 226 Å². The third kappa shape index (κ3) is 6.54. The molecule has 3 rings (SSSR count). The van der Waals surface area contributed by atoms with Crippen molar-refractivity contribution in [3.63, 3.8) is 0 Å². The molecule has 0 unspecified atom stereocenters. The van der Waals surface area contributed by atoms with Crippen molar-refractivity contribution in [2.45, 2.75) is 24.4 Å². The summed E-state index contributed by atoms with van der Waals surface area (Å²) >= 11 is 12.6. The zero-order chi connectivity index (χ0) is 27.2. The number of rotatable bonds is 10. The number of sulfonamides is 1. The highest BCUT2D eigenvalue weighted by molar-refractivity contribution is 7.92. The number of anilines is 1. The summed E-state index contributed by atoms with van der Waals surface area (Å²) in [5, 5.41) is 2.66. The zero-order valence-electron chi connectivity index (χ0n) is 20.5. The van der Waals surface area contributed by atoms with E-state index in [1.165, 1.54) is 36.2 Å². The number of benzene rings is 3. The lowest BCUT2D eigenvalue weighted by Gasteiger charge is -2.32. The molecule has 0 saturated heterocycles. The summed E-state index contributed by atoms with van der Waals surface area (Å²) in [6, 6.07) is 18.3. The Bertz CT molecular complexity index is 1350. The zero-order valence-corrected chi connectivity index (χ0v) is 22.8. The number of nitrogens with zero attached hydrogens (tertiary/aromatic N) is 2. The van der Waals surface area contributed by atoms with Gasteiger partial charge in [0.25, 0.3) is 10.0 Å². The van der Waals surface area contributed by atoms with Crippen LogP contribution in [-0.4, -0.2) is 51.9 Å². The molecule has 1 N–H and O–H groups in total. The minimum Gasteiger partial charge on any atom is -0.497 e. The molecule has 196 valence electrons. The van der Waals surface area contributed by atoms with Crippen molar-refractivity contribution in [3.05, 3.63) is 88.4 Å². The lowest BCUT2D eigenvalue weighted by atomic mass is 10.1. The number of nitrogens with one attached hydrogen (secondary N) is 1. The number of carbonyl (C=O) groups excluding carboxylic acids is 2. The van der Waals surface area contributed by atoms with Crippen molar-refractivity contribution >= 4 is 50.7 Å². The minimum atomic E-state index is -4.23. The van der Waals surface area contributed by atoms with Gasteiger partial charge in [-0.3, -0.25) is 13.9 Å². The first kappa shape index (κ1) is 28.3. The number of halogens is 2. The van der Waals surface area contributed by atoms with Crippen molar-refractivity contribution in [2.24, 2.45) is 0 Å². The first-order valence-corrected chi connectivity index (χ1v) is 13.5. The van der Waals surface area contributed by atoms with Crippen molar-refractivity contribution < 1.29 is 22.7 Å². The lowest BCUT2D eigenvalue weighted by Crippen LogP contribution is -2.50. The summed E-state index contributed by atoms with van der Waals surface area (Å²) in [5.74, 6) is -0.376. The van der Waals surface area contributed by atoms with Gasteiger partial charge in [0.1, 0.15) is 18.3 Å². The Kier molecular flexibility index (Phi) is 9.42. The number of methoxy groups -OCH3 is 1. The third-order valence-corrected chi connectivity index (χ3v) is 8.32. The van der Waals surface area contributed by atoms with Crippen LogP contribution in [0.15, 0.2) is 77.7 Å². The number of carbonyl (C=O) groups is 2. The second kappa shape index (κ2) is 12.3. The van der Waals surface area contributed by atoms with E-state index in [2.05, 4.69) is 5.32 Å². The molecule has 0 aliphatic heterocycles. The summed E-state index contributed by atoms with van der Waals surface area (Å²) in [5.41, 5.74) is 0.770. The molecule has 0 saturated carbocycles. The van der Waals surface area contributed by atoms with E-state index in [9.17, 15) is 18.0 Å². The fourth-order valence-electron chi connectivity index (χ4n) is 3.64. The molecule has 0 heterocycles. The van der Waals surface area contributed by atoms with E-state index in [-0.39, 0.29) is 27.2 Å². The highest BCUT2D eigenvalue weighted by Crippen LogP contribution is 2.35. The summed E-state index contributed by atoms with van der Waals surface area (Å²) in [6.45, 7) is 1.01. The monoisotopic (exact) mass is 563 g/mol. The van der Waals surface area contributed by atoms with Crippen LogP contribution in [0.25, 0.3) is 0 Å². The van der Waals surface area contributed by atoms with Crippen molar-refractivity contribution in [1.82, 2.24) is 10.2 Å². The number of likely N-dealkylation sites (N-methyl/N-ethyl adjacent to an activating group) is 1. The van der Waals surface area contributed by atoms with Crippen molar-refractivity contribution in [1.29, 1.82) is 0 Å². The summed E-state index contributed by atoms with van der Waals surface area (Å²) in [4.78, 5) is 27.5. The van der Waals surface area contributed by atoms with E-state index < -0.39 is 34.4 Å². The van der Waals surface area contributed by atoms with Crippen molar-refractivity contribution in [2.75, 3.05) is 25.0 Å². The predicted molar refractivity (Wildman–Crippen MR) is 145 cm³/mol. The molecule has 11 heteroatoms. The second-order valence-electron chi connectivity index (χ2n) is 8.06. The molecule has 0 aliphatic carbocycles. The number of amides is 2. The molecular weight excluding hydrogens is 537 g/mol. The molecule has 0 fully saturated rings. The van der Waals surface area contributed by atoms with Gasteiger partial charge in [0.15, 0.2) is 0 Å². The van der Waals surface area contributed by atoms with Crippen LogP contribution in [0, 0.1) is 0 Å². The molecule has 0 radical (unpaired) electrons. The molecule has 0 spiro atoms.